The lowest BCUT2D eigenvalue weighted by molar-refractivity contribution is -0.142. The van der Waals surface area contributed by atoms with Crippen LogP contribution >= 0.6 is 0 Å². The molecule has 2 aromatic heterocycles. The van der Waals surface area contributed by atoms with Gasteiger partial charge in [-0.1, -0.05) is 31.9 Å². The maximum Gasteiger partial charge on any atom is 0.433 e. The molecule has 25 heavy (non-hydrogen) atoms. The fourth-order valence-electron chi connectivity index (χ4n) is 3.06. The van der Waals surface area contributed by atoms with Gasteiger partial charge < -0.3 is 4.90 Å². The Morgan fingerprint density at radius 1 is 1.40 bits per heavy atom. The van der Waals surface area contributed by atoms with E-state index < -0.39 is 11.9 Å². The molecule has 1 amide bonds. The van der Waals surface area contributed by atoms with Gasteiger partial charge >= 0.3 is 6.18 Å². The summed E-state index contributed by atoms with van der Waals surface area (Å²) in [6.45, 7) is 3.99. The predicted molar refractivity (Wildman–Crippen MR) is 86.2 cm³/mol. The molecule has 3 heterocycles. The van der Waals surface area contributed by atoms with E-state index in [0.717, 1.165) is 25.3 Å². The van der Waals surface area contributed by atoms with Crippen LogP contribution in [0.2, 0.25) is 0 Å². The summed E-state index contributed by atoms with van der Waals surface area (Å²) in [5, 5.41) is 3.77. The zero-order chi connectivity index (χ0) is 18.2. The molecule has 0 aliphatic carbocycles. The molecule has 8 heteroatoms. The summed E-state index contributed by atoms with van der Waals surface area (Å²) in [7, 11) is 0. The van der Waals surface area contributed by atoms with Crippen LogP contribution in [0.1, 0.15) is 47.9 Å². The standard InChI is InChI=1S/C17H19F3N4O/c1-3-4-6-12-7-5-8-23(12)16(25)13-10-21-24-14(17(18,19)20)9-11(2)22-15(13)24/h5,7,9-10,12H,3-4,6,8H2,1-2H3/t12-/m0/s1. The second kappa shape index (κ2) is 6.50. The second-order valence-corrected chi connectivity index (χ2v) is 6.17. The van der Waals surface area contributed by atoms with Gasteiger partial charge in [0.1, 0.15) is 11.3 Å². The van der Waals surface area contributed by atoms with E-state index in [9.17, 15) is 18.0 Å². The van der Waals surface area contributed by atoms with Gasteiger partial charge in [0.2, 0.25) is 0 Å². The first kappa shape index (κ1) is 17.4. The number of carbonyl (C=O) groups is 1. The van der Waals surface area contributed by atoms with Gasteiger partial charge in [-0.3, -0.25) is 4.79 Å². The van der Waals surface area contributed by atoms with E-state index in [1.807, 2.05) is 12.2 Å². The monoisotopic (exact) mass is 352 g/mol. The van der Waals surface area contributed by atoms with E-state index in [2.05, 4.69) is 17.0 Å². The maximum atomic E-state index is 13.2. The average Bonchev–Trinajstić information content (AvgIpc) is 3.17. The highest BCUT2D eigenvalue weighted by atomic mass is 19.4. The lowest BCUT2D eigenvalue weighted by atomic mass is 10.1. The van der Waals surface area contributed by atoms with Gasteiger partial charge in [0.15, 0.2) is 5.65 Å². The highest BCUT2D eigenvalue weighted by Gasteiger charge is 2.36. The topological polar surface area (TPSA) is 50.5 Å². The van der Waals surface area contributed by atoms with E-state index in [4.69, 9.17) is 0 Å². The molecule has 2 aromatic rings. The quantitative estimate of drug-likeness (QED) is 0.790. The van der Waals surface area contributed by atoms with E-state index in [1.54, 1.807) is 4.90 Å². The summed E-state index contributed by atoms with van der Waals surface area (Å²) in [6, 6.07) is 0.893. The molecule has 5 nitrogen and oxygen atoms in total. The summed E-state index contributed by atoms with van der Waals surface area (Å²) in [5.41, 5.74) is -0.703. The van der Waals surface area contributed by atoms with Crippen LogP contribution in [-0.2, 0) is 6.18 Å². The summed E-state index contributed by atoms with van der Waals surface area (Å²) >= 11 is 0. The Bertz CT molecular complexity index is 825. The Kier molecular flexibility index (Phi) is 4.53. The normalized spacial score (nSPS) is 17.6. The number of nitrogens with zero attached hydrogens (tertiary/aromatic N) is 4. The maximum absolute atomic E-state index is 13.2. The largest absolute Gasteiger partial charge is 0.433 e. The van der Waals surface area contributed by atoms with Crippen LogP contribution in [0.15, 0.2) is 24.4 Å². The molecule has 1 atom stereocenters. The van der Waals surface area contributed by atoms with E-state index >= 15 is 0 Å². The number of halogens is 3. The summed E-state index contributed by atoms with van der Waals surface area (Å²) < 4.78 is 40.3. The van der Waals surface area contributed by atoms with Crippen molar-refractivity contribution in [3.63, 3.8) is 0 Å². The van der Waals surface area contributed by atoms with Gasteiger partial charge in [-0.25, -0.2) is 9.50 Å². The van der Waals surface area contributed by atoms with Gasteiger partial charge in [0, 0.05) is 12.2 Å². The average molecular weight is 352 g/mol. The molecule has 0 radical (unpaired) electrons. The van der Waals surface area contributed by atoms with Crippen molar-refractivity contribution in [3.05, 3.63) is 41.4 Å². The van der Waals surface area contributed by atoms with E-state index in [1.165, 1.54) is 13.1 Å². The first-order chi connectivity index (χ1) is 11.8. The molecule has 0 aromatic carbocycles. The van der Waals surface area contributed by atoms with Crippen molar-refractivity contribution in [3.8, 4) is 0 Å². The Hall–Kier alpha value is -2.38. The van der Waals surface area contributed by atoms with Crippen molar-refractivity contribution >= 4 is 11.6 Å². The van der Waals surface area contributed by atoms with Crippen molar-refractivity contribution in [2.45, 2.75) is 45.3 Å². The minimum Gasteiger partial charge on any atom is -0.328 e. The number of unbranched alkanes of at least 4 members (excludes halogenated alkanes) is 1. The first-order valence-corrected chi connectivity index (χ1v) is 8.23. The summed E-state index contributed by atoms with van der Waals surface area (Å²) in [4.78, 5) is 18.7. The minimum atomic E-state index is -4.57. The molecule has 0 bridgehead atoms. The van der Waals surface area contributed by atoms with E-state index in [0.29, 0.717) is 11.1 Å². The smallest absolute Gasteiger partial charge is 0.328 e. The number of alkyl halides is 3. The Balaban J connectivity index is 1.99. The number of carbonyl (C=O) groups excluding carboxylic acids is 1. The van der Waals surface area contributed by atoms with Gasteiger partial charge in [-0.2, -0.15) is 18.3 Å². The lowest BCUT2D eigenvalue weighted by Gasteiger charge is -2.24. The Morgan fingerprint density at radius 3 is 2.84 bits per heavy atom. The van der Waals surface area contributed by atoms with Gasteiger partial charge in [0.25, 0.3) is 5.91 Å². The van der Waals surface area contributed by atoms with Crippen molar-refractivity contribution in [2.75, 3.05) is 6.54 Å². The molecule has 134 valence electrons. The molecule has 0 saturated carbocycles. The van der Waals surface area contributed by atoms with Crippen LogP contribution in [0.4, 0.5) is 13.2 Å². The van der Waals surface area contributed by atoms with Crippen molar-refractivity contribution in [2.24, 2.45) is 0 Å². The van der Waals surface area contributed by atoms with Crippen LogP contribution in [-0.4, -0.2) is 38.0 Å². The summed E-state index contributed by atoms with van der Waals surface area (Å²) in [5.74, 6) is -0.340. The van der Waals surface area contributed by atoms with Gasteiger partial charge in [-0.05, 0) is 19.4 Å². The fraction of sp³-hybridized carbons (Fsp3) is 0.471. The number of aryl methyl sites for hydroxylation is 1. The number of amides is 1. The van der Waals surface area contributed by atoms with E-state index in [-0.39, 0.29) is 28.9 Å². The van der Waals surface area contributed by atoms with Crippen LogP contribution in [0.5, 0.6) is 0 Å². The zero-order valence-electron chi connectivity index (χ0n) is 14.0. The number of hydrogen-bond donors (Lipinski definition) is 0. The number of aromatic nitrogens is 3. The molecule has 1 aliphatic heterocycles. The first-order valence-electron chi connectivity index (χ1n) is 8.23. The Morgan fingerprint density at radius 2 is 2.16 bits per heavy atom. The van der Waals surface area contributed by atoms with Crippen molar-refractivity contribution in [1.29, 1.82) is 0 Å². The third-order valence-corrected chi connectivity index (χ3v) is 4.30. The molecular formula is C17H19F3N4O. The SMILES string of the molecule is CCCC[C@H]1C=CCN1C(=O)c1cnn2c(C(F)(F)F)cc(C)nc12. The van der Waals surface area contributed by atoms with Crippen LogP contribution in [0, 0.1) is 6.92 Å². The number of fused-ring (bicyclic) bond motifs is 1. The fourth-order valence-corrected chi connectivity index (χ4v) is 3.06. The van der Waals surface area contributed by atoms with Crippen LogP contribution < -0.4 is 0 Å². The molecule has 0 unspecified atom stereocenters. The molecule has 1 aliphatic rings. The van der Waals surface area contributed by atoms with Crippen molar-refractivity contribution < 1.29 is 18.0 Å². The van der Waals surface area contributed by atoms with Gasteiger partial charge in [-0.15, -0.1) is 0 Å². The number of hydrogen-bond acceptors (Lipinski definition) is 3. The van der Waals surface area contributed by atoms with Crippen LogP contribution in [0.3, 0.4) is 0 Å². The predicted octanol–water partition coefficient (Wildman–Crippen LogP) is 3.63. The molecule has 0 spiro atoms. The third-order valence-electron chi connectivity index (χ3n) is 4.30. The minimum absolute atomic E-state index is 0.0331. The third kappa shape index (κ3) is 3.25. The van der Waals surface area contributed by atoms with Crippen molar-refractivity contribution in [1.82, 2.24) is 19.5 Å². The molecular weight excluding hydrogens is 333 g/mol. The highest BCUT2D eigenvalue weighted by molar-refractivity contribution is 6.00. The second-order valence-electron chi connectivity index (χ2n) is 6.17. The summed E-state index contributed by atoms with van der Waals surface area (Å²) in [6.07, 6.45) is 3.30. The molecule has 0 N–H and O–H groups in total. The molecule has 3 rings (SSSR count). The highest BCUT2D eigenvalue weighted by Crippen LogP contribution is 2.30. The lowest BCUT2D eigenvalue weighted by Crippen LogP contribution is -2.36. The van der Waals surface area contributed by atoms with Gasteiger partial charge in [0.05, 0.1) is 12.2 Å². The zero-order valence-corrected chi connectivity index (χ0v) is 14.0. The molecule has 0 fully saturated rings. The number of rotatable bonds is 4. The molecule has 0 saturated heterocycles. The Labute approximate surface area is 143 Å². The van der Waals surface area contributed by atoms with Crippen LogP contribution in [0.25, 0.3) is 5.65 Å².